The molecule has 100 valence electrons. The molecule has 0 saturated heterocycles. The molecule has 0 spiro atoms. The summed E-state index contributed by atoms with van der Waals surface area (Å²) in [4.78, 5) is 21.4. The largest absolute Gasteiger partial charge is 0.480 e. The van der Waals surface area contributed by atoms with Crippen LogP contribution in [0.2, 0.25) is 0 Å². The number of rotatable bonds is 8. The molecule has 0 aliphatic rings. The highest BCUT2D eigenvalue weighted by atomic mass is 32.2. The number of hydrogen-bond donors (Lipinski definition) is 3. The van der Waals surface area contributed by atoms with Crippen LogP contribution in [0.15, 0.2) is 0 Å². The molecule has 0 heterocycles. The summed E-state index contributed by atoms with van der Waals surface area (Å²) in [6.45, 7) is 0.853. The number of aliphatic hydroxyl groups excluding tert-OH is 1. The number of carboxylic acid groups (broad SMARTS) is 1. The van der Waals surface area contributed by atoms with Crippen molar-refractivity contribution in [1.82, 2.24) is 4.72 Å². The highest BCUT2D eigenvalue weighted by Crippen LogP contribution is 1.95. The van der Waals surface area contributed by atoms with Crippen molar-refractivity contribution in [2.45, 2.75) is 19.4 Å². The number of carbonyl (C=O) groups excluding carboxylic acids is 1. The van der Waals surface area contributed by atoms with Gasteiger partial charge in [0.15, 0.2) is 0 Å². The van der Waals surface area contributed by atoms with Crippen LogP contribution in [0.3, 0.4) is 0 Å². The predicted molar refractivity (Wildman–Crippen MR) is 56.7 cm³/mol. The predicted octanol–water partition coefficient (Wildman–Crippen LogP) is -1.70. The second-order valence-electron chi connectivity index (χ2n) is 3.07. The van der Waals surface area contributed by atoms with Crippen LogP contribution in [0, 0.1) is 0 Å². The van der Waals surface area contributed by atoms with E-state index in [-0.39, 0.29) is 13.0 Å². The number of carboxylic acids is 1. The summed E-state index contributed by atoms with van der Waals surface area (Å²) in [6.07, 6.45) is -0.374. The van der Waals surface area contributed by atoms with Crippen LogP contribution in [-0.2, 0) is 24.3 Å². The van der Waals surface area contributed by atoms with E-state index in [1.807, 2.05) is 0 Å². The average molecular weight is 269 g/mol. The number of aliphatic hydroxyl groups is 1. The van der Waals surface area contributed by atoms with E-state index < -0.39 is 40.4 Å². The molecular weight excluding hydrogens is 254 g/mol. The molecular formula is C8H15NO7S. The van der Waals surface area contributed by atoms with Crippen molar-refractivity contribution in [3.05, 3.63) is 0 Å². The van der Waals surface area contributed by atoms with Gasteiger partial charge in [-0.1, -0.05) is 0 Å². The molecule has 0 saturated carbocycles. The smallest absolute Gasteiger partial charge is 0.324 e. The molecule has 0 aromatic carbocycles. The van der Waals surface area contributed by atoms with Gasteiger partial charge in [0.05, 0.1) is 25.4 Å². The number of ether oxygens (including phenoxy) is 1. The maximum Gasteiger partial charge on any atom is 0.324 e. The van der Waals surface area contributed by atoms with Crippen molar-refractivity contribution in [1.29, 1.82) is 0 Å². The van der Waals surface area contributed by atoms with Gasteiger partial charge in [0.25, 0.3) is 0 Å². The Bertz CT molecular complexity index is 364. The third kappa shape index (κ3) is 6.87. The molecule has 1 unspecified atom stereocenters. The zero-order valence-electron chi connectivity index (χ0n) is 9.25. The van der Waals surface area contributed by atoms with Gasteiger partial charge in [-0.05, 0) is 6.92 Å². The fourth-order valence-corrected chi connectivity index (χ4v) is 2.05. The number of sulfonamides is 1. The summed E-state index contributed by atoms with van der Waals surface area (Å²) in [5.74, 6) is -2.77. The monoisotopic (exact) mass is 269 g/mol. The summed E-state index contributed by atoms with van der Waals surface area (Å²) in [7, 11) is -3.94. The number of hydrogen-bond acceptors (Lipinski definition) is 6. The summed E-state index contributed by atoms with van der Waals surface area (Å²) < 4.78 is 28.9. The minimum Gasteiger partial charge on any atom is -0.480 e. The van der Waals surface area contributed by atoms with Crippen LogP contribution in [0.4, 0.5) is 0 Å². The third-order valence-corrected chi connectivity index (χ3v) is 3.07. The van der Waals surface area contributed by atoms with Gasteiger partial charge >= 0.3 is 11.9 Å². The van der Waals surface area contributed by atoms with Crippen molar-refractivity contribution in [2.75, 3.05) is 19.0 Å². The van der Waals surface area contributed by atoms with Crippen LogP contribution < -0.4 is 4.72 Å². The van der Waals surface area contributed by atoms with Crippen LogP contribution >= 0.6 is 0 Å². The van der Waals surface area contributed by atoms with Gasteiger partial charge in [0.1, 0.15) is 6.04 Å². The Balaban J connectivity index is 4.29. The molecule has 0 amide bonds. The van der Waals surface area contributed by atoms with Gasteiger partial charge in [0.2, 0.25) is 10.0 Å². The van der Waals surface area contributed by atoms with Crippen LogP contribution in [0.5, 0.6) is 0 Å². The molecule has 3 N–H and O–H groups in total. The summed E-state index contributed by atoms with van der Waals surface area (Å²) in [5, 5.41) is 17.1. The highest BCUT2D eigenvalue weighted by Gasteiger charge is 2.23. The van der Waals surface area contributed by atoms with E-state index in [1.165, 1.54) is 0 Å². The second kappa shape index (κ2) is 7.20. The van der Waals surface area contributed by atoms with Gasteiger partial charge in [-0.25, -0.2) is 8.42 Å². The minimum absolute atomic E-state index is 0.140. The zero-order valence-corrected chi connectivity index (χ0v) is 10.1. The molecule has 0 rings (SSSR count). The Kier molecular flexibility index (Phi) is 6.69. The lowest BCUT2D eigenvalue weighted by atomic mass is 10.3. The lowest BCUT2D eigenvalue weighted by Gasteiger charge is -2.11. The summed E-state index contributed by atoms with van der Waals surface area (Å²) in [5.41, 5.74) is 0. The van der Waals surface area contributed by atoms with E-state index in [2.05, 4.69) is 4.74 Å². The van der Waals surface area contributed by atoms with E-state index in [4.69, 9.17) is 10.2 Å². The first-order valence-corrected chi connectivity index (χ1v) is 6.47. The standard InChI is InChI=1S/C8H15NO7S/c1-2-16-7(11)3-4-17(14,15)9-6(5-10)8(12)13/h6,9-10H,2-5H2,1H3,(H,12,13). The van der Waals surface area contributed by atoms with Gasteiger partial charge in [-0.15, -0.1) is 0 Å². The second-order valence-corrected chi connectivity index (χ2v) is 4.94. The lowest BCUT2D eigenvalue weighted by molar-refractivity contribution is -0.142. The average Bonchev–Trinajstić information content (AvgIpc) is 2.23. The van der Waals surface area contributed by atoms with E-state index in [0.717, 1.165) is 0 Å². The topological polar surface area (TPSA) is 130 Å². The van der Waals surface area contributed by atoms with Crippen LogP contribution in [0.1, 0.15) is 13.3 Å². The van der Waals surface area contributed by atoms with Crippen molar-refractivity contribution in [2.24, 2.45) is 0 Å². The van der Waals surface area contributed by atoms with Gasteiger partial charge < -0.3 is 14.9 Å². The Morgan fingerprint density at radius 1 is 1.41 bits per heavy atom. The lowest BCUT2D eigenvalue weighted by Crippen LogP contribution is -2.44. The first kappa shape index (κ1) is 15.8. The minimum atomic E-state index is -3.94. The maximum atomic E-state index is 11.3. The molecule has 8 nitrogen and oxygen atoms in total. The number of esters is 1. The molecule has 9 heteroatoms. The highest BCUT2D eigenvalue weighted by molar-refractivity contribution is 7.89. The summed E-state index contributed by atoms with van der Waals surface area (Å²) in [6, 6.07) is -1.61. The van der Waals surface area contributed by atoms with Crippen LogP contribution in [0.25, 0.3) is 0 Å². The third-order valence-electron chi connectivity index (χ3n) is 1.68. The first-order valence-electron chi connectivity index (χ1n) is 4.81. The fourth-order valence-electron chi connectivity index (χ4n) is 0.892. The number of carbonyl (C=O) groups is 2. The molecule has 17 heavy (non-hydrogen) atoms. The fraction of sp³-hybridized carbons (Fsp3) is 0.750. The van der Waals surface area contributed by atoms with Crippen molar-refractivity contribution < 1.29 is 33.0 Å². The van der Waals surface area contributed by atoms with Crippen molar-refractivity contribution in [3.8, 4) is 0 Å². The molecule has 1 atom stereocenters. The van der Waals surface area contributed by atoms with E-state index in [9.17, 15) is 18.0 Å². The molecule has 0 aromatic rings. The number of aliphatic carboxylic acids is 1. The molecule has 0 aromatic heterocycles. The SMILES string of the molecule is CCOC(=O)CCS(=O)(=O)NC(CO)C(=O)O. The molecule has 0 fully saturated rings. The quantitative estimate of drug-likeness (QED) is 0.448. The van der Waals surface area contributed by atoms with Crippen molar-refractivity contribution >= 4 is 22.0 Å². The molecule has 0 aliphatic carbocycles. The molecule has 0 radical (unpaired) electrons. The van der Waals surface area contributed by atoms with Gasteiger partial charge in [-0.2, -0.15) is 4.72 Å². The van der Waals surface area contributed by atoms with Crippen molar-refractivity contribution in [3.63, 3.8) is 0 Å². The first-order chi connectivity index (χ1) is 7.82. The molecule has 0 bridgehead atoms. The summed E-state index contributed by atoms with van der Waals surface area (Å²) >= 11 is 0. The van der Waals surface area contributed by atoms with E-state index in [1.54, 1.807) is 11.6 Å². The van der Waals surface area contributed by atoms with Crippen LogP contribution in [-0.4, -0.2) is 55.6 Å². The Morgan fingerprint density at radius 2 is 2.00 bits per heavy atom. The van der Waals surface area contributed by atoms with Gasteiger partial charge in [0, 0.05) is 0 Å². The normalized spacial score (nSPS) is 13.1. The van der Waals surface area contributed by atoms with E-state index >= 15 is 0 Å². The maximum absolute atomic E-state index is 11.3. The zero-order chi connectivity index (χ0) is 13.5. The number of nitrogens with one attached hydrogen (secondary N) is 1. The Labute approximate surface area is 98.6 Å². The Morgan fingerprint density at radius 3 is 2.41 bits per heavy atom. The Hall–Kier alpha value is -1.19. The van der Waals surface area contributed by atoms with E-state index in [0.29, 0.717) is 0 Å². The molecule has 0 aliphatic heterocycles. The van der Waals surface area contributed by atoms with Gasteiger partial charge in [-0.3, -0.25) is 9.59 Å².